The second kappa shape index (κ2) is 9.43. The first-order valence-corrected chi connectivity index (χ1v) is 7.87. The van der Waals surface area contributed by atoms with Gasteiger partial charge in [-0.15, -0.1) is 0 Å². The molecule has 0 radical (unpaired) electrons. The van der Waals surface area contributed by atoms with Crippen molar-refractivity contribution in [2.45, 2.75) is 51.6 Å². The van der Waals surface area contributed by atoms with Gasteiger partial charge in [0.15, 0.2) is 0 Å². The van der Waals surface area contributed by atoms with E-state index >= 15 is 0 Å². The molecular weight excluding hydrogens is 309 g/mol. The Labute approximate surface area is 134 Å². The fourth-order valence-corrected chi connectivity index (χ4v) is 2.30. The molecule has 0 aliphatic carbocycles. The van der Waals surface area contributed by atoms with Crippen LogP contribution in [0.4, 0.5) is 13.2 Å². The van der Waals surface area contributed by atoms with Crippen LogP contribution in [0.15, 0.2) is 24.3 Å². The van der Waals surface area contributed by atoms with Gasteiger partial charge in [-0.1, -0.05) is 32.6 Å². The third-order valence-electron chi connectivity index (χ3n) is 3.71. The Kier molecular flexibility index (Phi) is 7.92. The number of ether oxygens (including phenoxy) is 1. The summed E-state index contributed by atoms with van der Waals surface area (Å²) in [5, 5.41) is 8.77. The van der Waals surface area contributed by atoms with Crippen molar-refractivity contribution in [2.75, 3.05) is 6.61 Å². The highest BCUT2D eigenvalue weighted by molar-refractivity contribution is 5.87. The fourth-order valence-electron chi connectivity index (χ4n) is 2.30. The van der Waals surface area contributed by atoms with Crippen LogP contribution in [0.2, 0.25) is 0 Å². The molecule has 0 bridgehead atoms. The van der Waals surface area contributed by atoms with Crippen molar-refractivity contribution in [3.05, 3.63) is 29.8 Å². The molecule has 1 atom stereocenters. The van der Waals surface area contributed by atoms with Gasteiger partial charge in [0.05, 0.1) is 18.1 Å². The number of hydrogen-bond donors (Lipinski definition) is 1. The van der Waals surface area contributed by atoms with Crippen LogP contribution in [0, 0.1) is 5.92 Å². The van der Waals surface area contributed by atoms with E-state index in [1.807, 2.05) is 6.92 Å². The quantitative estimate of drug-likeness (QED) is 0.591. The van der Waals surface area contributed by atoms with Gasteiger partial charge in [0.25, 0.3) is 0 Å². The maximum atomic E-state index is 13.0. The predicted octanol–water partition coefficient (Wildman–Crippen LogP) is 5.30. The zero-order valence-electron chi connectivity index (χ0n) is 13.2. The average Bonchev–Trinajstić information content (AvgIpc) is 2.49. The molecule has 0 heterocycles. The number of aromatic carboxylic acids is 1. The lowest BCUT2D eigenvalue weighted by atomic mass is 9.97. The van der Waals surface area contributed by atoms with Crippen molar-refractivity contribution in [3.8, 4) is 5.75 Å². The molecule has 1 aromatic carbocycles. The summed E-state index contributed by atoms with van der Waals surface area (Å²) < 4.78 is 44.2. The van der Waals surface area contributed by atoms with E-state index < -0.39 is 18.1 Å². The lowest BCUT2D eigenvalue weighted by molar-refractivity contribution is -0.179. The standard InChI is InChI=1S/C17H23F3O3/c1-2-3-4-5-6-14(17(18,19)20)11-12-23-15-9-7-13(8-10-15)16(21)22/h7-10,14H,2-6,11-12H2,1H3,(H,21,22). The Hall–Kier alpha value is -1.72. The van der Waals surface area contributed by atoms with E-state index in [1.165, 1.54) is 24.3 Å². The largest absolute Gasteiger partial charge is 0.494 e. The molecule has 0 amide bonds. The Balaban J connectivity index is 2.43. The molecule has 0 aromatic heterocycles. The zero-order chi connectivity index (χ0) is 17.3. The number of hydrogen-bond acceptors (Lipinski definition) is 2. The van der Waals surface area contributed by atoms with Crippen LogP contribution < -0.4 is 4.74 Å². The summed E-state index contributed by atoms with van der Waals surface area (Å²) in [5.41, 5.74) is 0.112. The molecule has 0 aliphatic heterocycles. The fraction of sp³-hybridized carbons (Fsp3) is 0.588. The molecule has 0 aliphatic rings. The van der Waals surface area contributed by atoms with Crippen LogP contribution in [0.3, 0.4) is 0 Å². The Morgan fingerprint density at radius 1 is 1.13 bits per heavy atom. The molecule has 1 N–H and O–H groups in total. The molecule has 1 rings (SSSR count). The monoisotopic (exact) mass is 332 g/mol. The number of carbonyl (C=O) groups is 1. The van der Waals surface area contributed by atoms with Gasteiger partial charge in [0.2, 0.25) is 0 Å². The minimum absolute atomic E-state index is 0.0373. The highest BCUT2D eigenvalue weighted by atomic mass is 19.4. The average molecular weight is 332 g/mol. The molecule has 130 valence electrons. The maximum absolute atomic E-state index is 13.0. The van der Waals surface area contributed by atoms with Crippen molar-refractivity contribution in [3.63, 3.8) is 0 Å². The highest BCUT2D eigenvalue weighted by Crippen LogP contribution is 2.33. The van der Waals surface area contributed by atoms with Gasteiger partial charge in [-0.05, 0) is 37.1 Å². The zero-order valence-corrected chi connectivity index (χ0v) is 13.2. The third kappa shape index (κ3) is 7.39. The molecule has 0 saturated heterocycles. The number of halogens is 3. The number of carboxylic acid groups (broad SMARTS) is 1. The van der Waals surface area contributed by atoms with Crippen LogP contribution in [-0.2, 0) is 0 Å². The van der Waals surface area contributed by atoms with Crippen molar-refractivity contribution >= 4 is 5.97 Å². The molecule has 3 nitrogen and oxygen atoms in total. The summed E-state index contributed by atoms with van der Waals surface area (Å²) in [6, 6.07) is 5.63. The van der Waals surface area contributed by atoms with E-state index in [0.717, 1.165) is 19.3 Å². The van der Waals surface area contributed by atoms with Crippen molar-refractivity contribution < 1.29 is 27.8 Å². The van der Waals surface area contributed by atoms with Gasteiger partial charge in [0.1, 0.15) is 5.75 Å². The molecule has 23 heavy (non-hydrogen) atoms. The molecule has 0 saturated carbocycles. The van der Waals surface area contributed by atoms with Crippen LogP contribution >= 0.6 is 0 Å². The van der Waals surface area contributed by atoms with Crippen LogP contribution in [0.25, 0.3) is 0 Å². The summed E-state index contributed by atoms with van der Waals surface area (Å²) >= 11 is 0. The summed E-state index contributed by atoms with van der Waals surface area (Å²) in [7, 11) is 0. The molecule has 0 spiro atoms. The molecule has 1 aromatic rings. The maximum Gasteiger partial charge on any atom is 0.391 e. The van der Waals surface area contributed by atoms with E-state index in [4.69, 9.17) is 9.84 Å². The first-order chi connectivity index (χ1) is 10.8. The summed E-state index contributed by atoms with van der Waals surface area (Å²) in [6.07, 6.45) is -0.821. The van der Waals surface area contributed by atoms with Crippen LogP contribution in [-0.4, -0.2) is 23.9 Å². The Bertz CT molecular complexity index is 469. The first kappa shape index (κ1) is 19.3. The van der Waals surface area contributed by atoms with Gasteiger partial charge < -0.3 is 9.84 Å². The Morgan fingerprint density at radius 3 is 2.30 bits per heavy atom. The van der Waals surface area contributed by atoms with Crippen molar-refractivity contribution in [2.24, 2.45) is 5.92 Å². The van der Waals surface area contributed by atoms with Crippen molar-refractivity contribution in [1.29, 1.82) is 0 Å². The number of carboxylic acids is 1. The number of alkyl halides is 3. The van der Waals surface area contributed by atoms with E-state index in [1.54, 1.807) is 0 Å². The van der Waals surface area contributed by atoms with Crippen LogP contribution in [0.5, 0.6) is 5.75 Å². The topological polar surface area (TPSA) is 46.5 Å². The molecular formula is C17H23F3O3. The van der Waals surface area contributed by atoms with E-state index in [-0.39, 0.29) is 25.0 Å². The van der Waals surface area contributed by atoms with Gasteiger partial charge in [0, 0.05) is 0 Å². The van der Waals surface area contributed by atoms with E-state index in [0.29, 0.717) is 12.2 Å². The lowest BCUT2D eigenvalue weighted by Crippen LogP contribution is -2.25. The third-order valence-corrected chi connectivity index (χ3v) is 3.71. The minimum atomic E-state index is -4.21. The second-order valence-electron chi connectivity index (χ2n) is 5.55. The van der Waals surface area contributed by atoms with Crippen LogP contribution in [0.1, 0.15) is 55.8 Å². The number of rotatable bonds is 10. The lowest BCUT2D eigenvalue weighted by Gasteiger charge is -2.20. The van der Waals surface area contributed by atoms with Gasteiger partial charge >= 0.3 is 12.1 Å². The second-order valence-corrected chi connectivity index (χ2v) is 5.55. The van der Waals surface area contributed by atoms with Gasteiger partial charge in [-0.25, -0.2) is 4.79 Å². The van der Waals surface area contributed by atoms with Crippen molar-refractivity contribution in [1.82, 2.24) is 0 Å². The SMILES string of the molecule is CCCCCCC(CCOc1ccc(C(=O)O)cc1)C(F)(F)F. The highest BCUT2D eigenvalue weighted by Gasteiger charge is 2.38. The summed E-state index contributed by atoms with van der Waals surface area (Å²) in [6.45, 7) is 1.98. The van der Waals surface area contributed by atoms with Gasteiger partial charge in [-0.3, -0.25) is 0 Å². The minimum Gasteiger partial charge on any atom is -0.494 e. The smallest absolute Gasteiger partial charge is 0.391 e. The molecule has 6 heteroatoms. The molecule has 1 unspecified atom stereocenters. The summed E-state index contributed by atoms with van der Waals surface area (Å²) in [4.78, 5) is 10.7. The number of benzene rings is 1. The van der Waals surface area contributed by atoms with Gasteiger partial charge in [-0.2, -0.15) is 13.2 Å². The van der Waals surface area contributed by atoms with E-state index in [9.17, 15) is 18.0 Å². The first-order valence-electron chi connectivity index (χ1n) is 7.87. The normalized spacial score (nSPS) is 12.9. The van der Waals surface area contributed by atoms with E-state index in [2.05, 4.69) is 0 Å². The predicted molar refractivity (Wildman–Crippen MR) is 81.8 cm³/mol. The molecule has 0 fully saturated rings. The summed E-state index contributed by atoms with van der Waals surface area (Å²) in [5.74, 6) is -2.03. The Morgan fingerprint density at radius 2 is 1.78 bits per heavy atom. The number of unbranched alkanes of at least 4 members (excludes halogenated alkanes) is 3.